The highest BCUT2D eigenvalue weighted by Crippen LogP contribution is 2.49. The monoisotopic (exact) mass is 172 g/mol. The average Bonchev–Trinajstić information content (AvgIpc) is 1.85. The van der Waals surface area contributed by atoms with E-state index in [0.717, 1.165) is 18.8 Å². The second-order valence-electron chi connectivity index (χ2n) is 4.79. The van der Waals surface area contributed by atoms with E-state index in [9.17, 15) is 0 Å². The topological polar surface area (TPSA) is 18.5 Å². The first-order valence-electron chi connectivity index (χ1n) is 4.54. The van der Waals surface area contributed by atoms with Gasteiger partial charge >= 0.3 is 0 Å². The Morgan fingerprint density at radius 2 is 1.50 bits per heavy atom. The Morgan fingerprint density at radius 3 is 1.75 bits per heavy atom. The molecule has 2 nitrogen and oxygen atoms in total. The van der Waals surface area contributed by atoms with Gasteiger partial charge in [0.25, 0.3) is 0 Å². The molecule has 0 N–H and O–H groups in total. The average molecular weight is 172 g/mol. The molecule has 1 saturated carbocycles. The smallest absolute Gasteiger partial charge is 0.168 e. The van der Waals surface area contributed by atoms with Crippen LogP contribution in [-0.4, -0.2) is 20.0 Å². The molecule has 1 aliphatic carbocycles. The minimum absolute atomic E-state index is 0.266. The van der Waals surface area contributed by atoms with Gasteiger partial charge in [0.05, 0.1) is 0 Å². The Balaban J connectivity index is 2.45. The summed E-state index contributed by atoms with van der Waals surface area (Å²) in [6, 6.07) is 0. The minimum Gasteiger partial charge on any atom is -0.353 e. The summed E-state index contributed by atoms with van der Waals surface area (Å²) in [5.41, 5.74) is 0.389. The van der Waals surface area contributed by atoms with Crippen LogP contribution in [0.15, 0.2) is 0 Å². The summed E-state index contributed by atoms with van der Waals surface area (Å²) in [5.74, 6) is 0.468. The molecule has 1 rings (SSSR count). The molecule has 1 fully saturated rings. The second-order valence-corrected chi connectivity index (χ2v) is 4.79. The molecule has 0 radical (unpaired) electrons. The maximum absolute atomic E-state index is 5.33. The van der Waals surface area contributed by atoms with Gasteiger partial charge in [0.2, 0.25) is 0 Å². The fraction of sp³-hybridized carbons (Fsp3) is 1.00. The van der Waals surface area contributed by atoms with Gasteiger partial charge in [0, 0.05) is 27.1 Å². The third-order valence-corrected chi connectivity index (χ3v) is 3.08. The van der Waals surface area contributed by atoms with Crippen molar-refractivity contribution in [1.29, 1.82) is 0 Å². The molecule has 0 spiro atoms. The summed E-state index contributed by atoms with van der Waals surface area (Å²) in [4.78, 5) is 0. The molecule has 0 aromatic carbocycles. The molecule has 0 aromatic rings. The van der Waals surface area contributed by atoms with Crippen molar-refractivity contribution < 1.29 is 9.47 Å². The zero-order valence-corrected chi connectivity index (χ0v) is 8.81. The van der Waals surface area contributed by atoms with E-state index < -0.39 is 0 Å². The van der Waals surface area contributed by atoms with Crippen LogP contribution in [0.25, 0.3) is 0 Å². The molecular formula is C10H20O2. The summed E-state index contributed by atoms with van der Waals surface area (Å²) in [6.07, 6.45) is 2.06. The van der Waals surface area contributed by atoms with E-state index in [1.54, 1.807) is 14.2 Å². The third kappa shape index (κ3) is 1.64. The van der Waals surface area contributed by atoms with Crippen molar-refractivity contribution in [3.63, 3.8) is 0 Å². The fourth-order valence-corrected chi connectivity index (χ4v) is 1.72. The Morgan fingerprint density at radius 1 is 1.08 bits per heavy atom. The van der Waals surface area contributed by atoms with Crippen LogP contribution in [0.2, 0.25) is 0 Å². The van der Waals surface area contributed by atoms with Crippen LogP contribution in [0.4, 0.5) is 0 Å². The second kappa shape index (κ2) is 3.00. The molecule has 1 aliphatic rings. The summed E-state index contributed by atoms with van der Waals surface area (Å²) in [5, 5.41) is 0. The van der Waals surface area contributed by atoms with Gasteiger partial charge in [-0.15, -0.1) is 0 Å². The number of hydrogen-bond acceptors (Lipinski definition) is 2. The Labute approximate surface area is 75.2 Å². The molecule has 0 saturated heterocycles. The quantitative estimate of drug-likeness (QED) is 0.596. The highest BCUT2D eigenvalue weighted by atomic mass is 16.7. The van der Waals surface area contributed by atoms with Gasteiger partial charge in [-0.3, -0.25) is 0 Å². The lowest BCUT2D eigenvalue weighted by Gasteiger charge is -2.50. The van der Waals surface area contributed by atoms with Gasteiger partial charge in [0.1, 0.15) is 0 Å². The van der Waals surface area contributed by atoms with Crippen LogP contribution in [0.5, 0.6) is 0 Å². The minimum atomic E-state index is -0.266. The summed E-state index contributed by atoms with van der Waals surface area (Å²) < 4.78 is 10.7. The highest BCUT2D eigenvalue weighted by molar-refractivity contribution is 4.93. The molecule has 72 valence electrons. The molecule has 0 aliphatic heterocycles. The number of methoxy groups -OCH3 is 2. The largest absolute Gasteiger partial charge is 0.353 e. The lowest BCUT2D eigenvalue weighted by molar-refractivity contribution is -0.282. The molecule has 2 heteroatoms. The van der Waals surface area contributed by atoms with Crippen LogP contribution in [0, 0.1) is 11.3 Å². The zero-order valence-electron chi connectivity index (χ0n) is 8.81. The number of ether oxygens (including phenoxy) is 2. The van der Waals surface area contributed by atoms with E-state index in [0.29, 0.717) is 5.41 Å². The fourth-order valence-electron chi connectivity index (χ4n) is 1.72. The standard InChI is InChI=1S/C10H20O2/c1-9(2,3)8-6-10(7-8,11-4)12-5/h8H,6-7H2,1-5H3. The SMILES string of the molecule is COC1(OC)CC(C(C)(C)C)C1. The Bertz CT molecular complexity index is 146. The summed E-state index contributed by atoms with van der Waals surface area (Å²) in [7, 11) is 3.45. The van der Waals surface area contributed by atoms with Crippen LogP contribution in [-0.2, 0) is 9.47 Å². The van der Waals surface area contributed by atoms with Crippen molar-refractivity contribution >= 4 is 0 Å². The van der Waals surface area contributed by atoms with Crippen LogP contribution in [0.1, 0.15) is 33.6 Å². The van der Waals surface area contributed by atoms with Gasteiger partial charge in [-0.2, -0.15) is 0 Å². The van der Waals surface area contributed by atoms with Gasteiger partial charge in [-0.1, -0.05) is 20.8 Å². The molecule has 0 aromatic heterocycles. The van der Waals surface area contributed by atoms with Crippen LogP contribution in [0.3, 0.4) is 0 Å². The highest BCUT2D eigenvalue weighted by Gasteiger charge is 2.49. The molecule has 12 heavy (non-hydrogen) atoms. The van der Waals surface area contributed by atoms with Crippen molar-refractivity contribution in [1.82, 2.24) is 0 Å². The summed E-state index contributed by atoms with van der Waals surface area (Å²) >= 11 is 0. The first-order valence-corrected chi connectivity index (χ1v) is 4.54. The first kappa shape index (κ1) is 10.0. The van der Waals surface area contributed by atoms with Crippen molar-refractivity contribution in [2.75, 3.05) is 14.2 Å². The van der Waals surface area contributed by atoms with E-state index in [1.807, 2.05) is 0 Å². The Kier molecular flexibility index (Phi) is 2.50. The van der Waals surface area contributed by atoms with Crippen molar-refractivity contribution in [2.45, 2.75) is 39.4 Å². The van der Waals surface area contributed by atoms with Gasteiger partial charge in [-0.25, -0.2) is 0 Å². The van der Waals surface area contributed by atoms with E-state index in [2.05, 4.69) is 20.8 Å². The Hall–Kier alpha value is -0.0800. The maximum atomic E-state index is 5.33. The molecule has 0 bridgehead atoms. The number of hydrogen-bond donors (Lipinski definition) is 0. The number of rotatable bonds is 2. The van der Waals surface area contributed by atoms with Crippen molar-refractivity contribution in [3.05, 3.63) is 0 Å². The third-order valence-electron chi connectivity index (χ3n) is 3.08. The molecule has 0 heterocycles. The summed E-state index contributed by atoms with van der Waals surface area (Å²) in [6.45, 7) is 6.81. The lowest BCUT2D eigenvalue weighted by Crippen LogP contribution is -2.51. The molecule has 0 unspecified atom stereocenters. The van der Waals surface area contributed by atoms with Crippen LogP contribution >= 0.6 is 0 Å². The van der Waals surface area contributed by atoms with E-state index in [1.165, 1.54) is 0 Å². The predicted molar refractivity (Wildman–Crippen MR) is 48.9 cm³/mol. The van der Waals surface area contributed by atoms with Gasteiger partial charge in [-0.05, 0) is 11.3 Å². The lowest BCUT2D eigenvalue weighted by atomic mass is 9.65. The van der Waals surface area contributed by atoms with Crippen molar-refractivity contribution in [3.8, 4) is 0 Å². The molecule has 0 atom stereocenters. The van der Waals surface area contributed by atoms with E-state index in [4.69, 9.17) is 9.47 Å². The normalized spacial score (nSPS) is 23.8. The van der Waals surface area contributed by atoms with Crippen molar-refractivity contribution in [2.24, 2.45) is 11.3 Å². The zero-order chi connectivity index (χ0) is 9.41. The first-order chi connectivity index (χ1) is 5.43. The molecular weight excluding hydrogens is 152 g/mol. The predicted octanol–water partition coefficient (Wildman–Crippen LogP) is 2.43. The van der Waals surface area contributed by atoms with E-state index >= 15 is 0 Å². The van der Waals surface area contributed by atoms with Gasteiger partial charge < -0.3 is 9.47 Å². The van der Waals surface area contributed by atoms with E-state index in [-0.39, 0.29) is 5.79 Å². The molecule has 0 amide bonds. The van der Waals surface area contributed by atoms with Crippen LogP contribution < -0.4 is 0 Å². The van der Waals surface area contributed by atoms with Gasteiger partial charge in [0.15, 0.2) is 5.79 Å². The maximum Gasteiger partial charge on any atom is 0.168 e.